The number of phenols is 1. The number of fused-ring (bicyclic) bond motifs is 5. The third kappa shape index (κ3) is 3.30. The van der Waals surface area contributed by atoms with Gasteiger partial charge < -0.3 is 10.2 Å². The van der Waals surface area contributed by atoms with Gasteiger partial charge in [-0.05, 0) is 91.6 Å². The summed E-state index contributed by atoms with van der Waals surface area (Å²) in [5.41, 5.74) is 0.598. The van der Waals surface area contributed by atoms with Crippen molar-refractivity contribution in [3.05, 3.63) is 30.3 Å². The van der Waals surface area contributed by atoms with Gasteiger partial charge in [0.05, 0.1) is 6.10 Å². The number of ketones is 1. The van der Waals surface area contributed by atoms with E-state index in [-0.39, 0.29) is 11.5 Å². The van der Waals surface area contributed by atoms with Crippen LogP contribution in [-0.4, -0.2) is 22.1 Å². The van der Waals surface area contributed by atoms with Gasteiger partial charge in [-0.1, -0.05) is 32.0 Å². The Morgan fingerprint density at radius 1 is 0.893 bits per heavy atom. The van der Waals surface area contributed by atoms with Gasteiger partial charge in [0.1, 0.15) is 11.5 Å². The van der Waals surface area contributed by atoms with Crippen LogP contribution in [0.3, 0.4) is 0 Å². The fourth-order valence-corrected chi connectivity index (χ4v) is 7.45. The maximum Gasteiger partial charge on any atom is 0.133 e. The van der Waals surface area contributed by atoms with Gasteiger partial charge in [-0.3, -0.25) is 4.79 Å². The van der Waals surface area contributed by atoms with Gasteiger partial charge in [0.25, 0.3) is 0 Å². The number of benzene rings is 1. The van der Waals surface area contributed by atoms with Crippen molar-refractivity contribution in [3.63, 3.8) is 0 Å². The second-order valence-electron chi connectivity index (χ2n) is 10.4. The molecule has 7 unspecified atom stereocenters. The number of hydrogen-bond donors (Lipinski definition) is 2. The number of aromatic hydroxyl groups is 1. The number of para-hydroxylation sites is 1. The van der Waals surface area contributed by atoms with Gasteiger partial charge in [0.2, 0.25) is 0 Å². The topological polar surface area (TPSA) is 57.5 Å². The second kappa shape index (κ2) is 7.48. The highest BCUT2D eigenvalue weighted by molar-refractivity contribution is 5.79. The fraction of sp³-hybridized carbons (Fsp3) is 0.720. The summed E-state index contributed by atoms with van der Waals surface area (Å²) in [6.07, 6.45) is 10.0. The molecule has 4 aliphatic carbocycles. The van der Waals surface area contributed by atoms with Crippen molar-refractivity contribution in [2.45, 2.75) is 77.7 Å². The normalized spacial score (nSPS) is 44.5. The van der Waals surface area contributed by atoms with E-state index >= 15 is 0 Å². The summed E-state index contributed by atoms with van der Waals surface area (Å²) in [6.45, 7) is 4.85. The number of hydrogen-bond acceptors (Lipinski definition) is 3. The Balaban J connectivity index is 0.000000233. The molecule has 5 rings (SSSR count). The molecule has 4 fully saturated rings. The monoisotopic (exact) mass is 384 g/mol. The predicted octanol–water partition coefficient (Wildman–Crippen LogP) is 5.35. The Kier molecular flexibility index (Phi) is 5.33. The van der Waals surface area contributed by atoms with E-state index in [1.54, 1.807) is 24.3 Å². The molecule has 3 heteroatoms. The molecule has 1 aromatic rings. The molecule has 28 heavy (non-hydrogen) atoms. The van der Waals surface area contributed by atoms with Gasteiger partial charge in [-0.15, -0.1) is 0 Å². The lowest BCUT2D eigenvalue weighted by Gasteiger charge is -2.60. The molecule has 0 aromatic heterocycles. The average Bonchev–Trinajstić information content (AvgIpc) is 2.98. The van der Waals surface area contributed by atoms with Crippen LogP contribution in [0.4, 0.5) is 0 Å². The molecule has 2 N–H and O–H groups in total. The Hall–Kier alpha value is -1.35. The SMILES string of the molecule is CC12CCC3C(CCC4CC(=O)CCC43C)C1CCC2O.Oc1ccccc1. The van der Waals surface area contributed by atoms with E-state index in [1.807, 2.05) is 6.07 Å². The van der Waals surface area contributed by atoms with Crippen LogP contribution in [0.25, 0.3) is 0 Å². The Morgan fingerprint density at radius 3 is 2.29 bits per heavy atom. The highest BCUT2D eigenvalue weighted by Gasteiger charge is 2.59. The van der Waals surface area contributed by atoms with Crippen molar-refractivity contribution in [2.75, 3.05) is 0 Å². The van der Waals surface area contributed by atoms with E-state index in [4.69, 9.17) is 5.11 Å². The second-order valence-corrected chi connectivity index (χ2v) is 10.4. The lowest BCUT2D eigenvalue weighted by molar-refractivity contribution is -0.141. The Morgan fingerprint density at radius 2 is 1.61 bits per heavy atom. The summed E-state index contributed by atoms with van der Waals surface area (Å²) in [5, 5.41) is 19.1. The summed E-state index contributed by atoms with van der Waals surface area (Å²) in [4.78, 5) is 11.9. The number of aliphatic hydroxyl groups is 1. The molecule has 0 bridgehead atoms. The molecular weight excluding hydrogens is 348 g/mol. The van der Waals surface area contributed by atoms with Gasteiger partial charge >= 0.3 is 0 Å². The minimum atomic E-state index is -0.0677. The first-order valence-electron chi connectivity index (χ1n) is 11.3. The zero-order valence-electron chi connectivity index (χ0n) is 17.4. The van der Waals surface area contributed by atoms with Crippen LogP contribution >= 0.6 is 0 Å². The average molecular weight is 385 g/mol. The number of carbonyl (C=O) groups is 1. The third-order valence-electron chi connectivity index (χ3n) is 9.19. The van der Waals surface area contributed by atoms with Crippen molar-refractivity contribution in [1.82, 2.24) is 0 Å². The lowest BCUT2D eigenvalue weighted by atomic mass is 9.45. The van der Waals surface area contributed by atoms with Crippen LogP contribution in [0.1, 0.15) is 71.6 Å². The van der Waals surface area contributed by atoms with Gasteiger partial charge in [-0.2, -0.15) is 0 Å². The fourth-order valence-electron chi connectivity index (χ4n) is 7.45. The van der Waals surface area contributed by atoms with Crippen molar-refractivity contribution < 1.29 is 15.0 Å². The van der Waals surface area contributed by atoms with E-state index in [2.05, 4.69) is 13.8 Å². The van der Waals surface area contributed by atoms with E-state index in [9.17, 15) is 9.90 Å². The molecule has 3 nitrogen and oxygen atoms in total. The number of phenolic OH excluding ortho intramolecular Hbond substituents is 1. The smallest absolute Gasteiger partial charge is 0.133 e. The molecule has 7 atom stereocenters. The van der Waals surface area contributed by atoms with Crippen molar-refractivity contribution >= 4 is 5.78 Å². The molecule has 0 amide bonds. The first kappa shape index (κ1) is 19.9. The van der Waals surface area contributed by atoms with Gasteiger partial charge in [-0.25, -0.2) is 0 Å². The Bertz CT molecular complexity index is 701. The first-order valence-corrected chi connectivity index (χ1v) is 11.3. The molecule has 0 saturated heterocycles. The number of aliphatic hydroxyl groups excluding tert-OH is 1. The summed E-state index contributed by atoms with van der Waals surface area (Å²) < 4.78 is 0. The molecular formula is C25H36O3. The molecule has 0 heterocycles. The van der Waals surface area contributed by atoms with Crippen molar-refractivity contribution in [3.8, 4) is 5.75 Å². The van der Waals surface area contributed by atoms with Crippen LogP contribution in [-0.2, 0) is 4.79 Å². The van der Waals surface area contributed by atoms with Gasteiger partial charge in [0, 0.05) is 12.8 Å². The van der Waals surface area contributed by atoms with E-state index < -0.39 is 0 Å². The third-order valence-corrected chi connectivity index (χ3v) is 9.19. The zero-order valence-corrected chi connectivity index (χ0v) is 17.4. The van der Waals surface area contributed by atoms with Crippen LogP contribution in [0.15, 0.2) is 30.3 Å². The lowest BCUT2D eigenvalue weighted by Crippen LogP contribution is -2.54. The number of Topliss-reactive ketones (excluding diaryl/α,β-unsaturated/α-hetero) is 1. The zero-order chi connectivity index (χ0) is 19.9. The summed E-state index contributed by atoms with van der Waals surface area (Å²) >= 11 is 0. The van der Waals surface area contributed by atoms with Crippen molar-refractivity contribution in [2.24, 2.45) is 34.5 Å². The maximum absolute atomic E-state index is 11.9. The van der Waals surface area contributed by atoms with E-state index in [0.29, 0.717) is 22.9 Å². The minimum absolute atomic E-state index is 0.0677. The van der Waals surface area contributed by atoms with Crippen LogP contribution in [0.5, 0.6) is 5.75 Å². The molecule has 154 valence electrons. The molecule has 0 aliphatic heterocycles. The van der Waals surface area contributed by atoms with Crippen LogP contribution in [0.2, 0.25) is 0 Å². The van der Waals surface area contributed by atoms with E-state index in [1.165, 1.54) is 32.1 Å². The molecule has 1 aromatic carbocycles. The summed E-state index contributed by atoms with van der Waals surface area (Å²) in [6, 6.07) is 8.71. The number of rotatable bonds is 0. The minimum Gasteiger partial charge on any atom is -0.508 e. The molecule has 4 saturated carbocycles. The summed E-state index contributed by atoms with van der Waals surface area (Å²) in [5.74, 6) is 3.84. The largest absolute Gasteiger partial charge is 0.508 e. The van der Waals surface area contributed by atoms with Crippen LogP contribution < -0.4 is 0 Å². The highest BCUT2D eigenvalue weighted by atomic mass is 16.3. The standard InChI is InChI=1S/C19H30O2.C6H6O/c1-18-9-7-13(20)11-12(18)3-4-14-15-5-6-17(21)19(15,2)10-8-16(14)18;7-6-4-2-1-3-5-6/h12,14-17,21H,3-11H2,1-2H3;1-5,7H. The maximum atomic E-state index is 11.9. The van der Waals surface area contributed by atoms with E-state index in [0.717, 1.165) is 43.4 Å². The molecule has 4 aliphatic rings. The summed E-state index contributed by atoms with van der Waals surface area (Å²) in [7, 11) is 0. The Labute approximate surface area is 169 Å². The van der Waals surface area contributed by atoms with Gasteiger partial charge in [0.15, 0.2) is 0 Å². The molecule has 0 radical (unpaired) electrons. The van der Waals surface area contributed by atoms with Crippen molar-refractivity contribution in [1.29, 1.82) is 0 Å². The predicted molar refractivity (Wildman–Crippen MR) is 111 cm³/mol. The first-order chi connectivity index (χ1) is 13.3. The van der Waals surface area contributed by atoms with Crippen LogP contribution in [0, 0.1) is 34.5 Å². The quantitative estimate of drug-likeness (QED) is 0.634. The highest BCUT2D eigenvalue weighted by Crippen LogP contribution is 2.65. The number of carbonyl (C=O) groups excluding carboxylic acids is 1. The molecule has 0 spiro atoms.